The van der Waals surface area contributed by atoms with Crippen molar-refractivity contribution < 1.29 is 4.79 Å². The summed E-state index contributed by atoms with van der Waals surface area (Å²) in [6.45, 7) is 6.58. The van der Waals surface area contributed by atoms with E-state index in [0.717, 1.165) is 43.1 Å². The van der Waals surface area contributed by atoms with Crippen LogP contribution in [-0.4, -0.2) is 30.4 Å². The van der Waals surface area contributed by atoms with E-state index in [-0.39, 0.29) is 17.9 Å². The lowest BCUT2D eigenvalue weighted by molar-refractivity contribution is -0.138. The molecule has 1 heterocycles. The molecule has 1 aromatic rings. The molecule has 0 aromatic heterocycles. The minimum Gasteiger partial charge on any atom is -0.333 e. The van der Waals surface area contributed by atoms with Crippen LogP contribution in [0.4, 0.5) is 0 Å². The summed E-state index contributed by atoms with van der Waals surface area (Å²) in [7, 11) is 0. The number of hydrogen-bond acceptors (Lipinski definition) is 2. The van der Waals surface area contributed by atoms with Crippen LogP contribution < -0.4 is 5.32 Å². The first kappa shape index (κ1) is 15.3. The predicted octanol–water partition coefficient (Wildman–Crippen LogP) is 3.25. The minimum atomic E-state index is 0.0919. The highest BCUT2D eigenvalue weighted by Crippen LogP contribution is 2.26. The number of nitrogens with zero attached hydrogens (tertiary/aromatic N) is 1. The Hall–Kier alpha value is -1.06. The van der Waals surface area contributed by atoms with Crippen LogP contribution in [0.15, 0.2) is 24.3 Å². The Morgan fingerprint density at radius 1 is 1.55 bits per heavy atom. The van der Waals surface area contributed by atoms with Crippen molar-refractivity contribution in [1.29, 1.82) is 0 Å². The lowest BCUT2D eigenvalue weighted by Gasteiger charge is -2.38. The first-order valence-electron chi connectivity index (χ1n) is 7.40. The number of rotatable bonds is 4. The Morgan fingerprint density at radius 2 is 2.35 bits per heavy atom. The maximum absolute atomic E-state index is 12.6. The van der Waals surface area contributed by atoms with E-state index in [1.807, 2.05) is 36.1 Å². The third kappa shape index (κ3) is 3.53. The summed E-state index contributed by atoms with van der Waals surface area (Å²) in [6.07, 6.45) is 1.99. The molecule has 2 unspecified atom stereocenters. The Labute approximate surface area is 126 Å². The molecule has 1 amide bonds. The number of carbonyl (C=O) groups excluding carboxylic acids is 1. The number of piperazine rings is 1. The Morgan fingerprint density at radius 3 is 3.05 bits per heavy atom. The van der Waals surface area contributed by atoms with Crippen LogP contribution in [0.2, 0.25) is 5.02 Å². The first-order chi connectivity index (χ1) is 9.63. The van der Waals surface area contributed by atoms with Crippen LogP contribution in [0.25, 0.3) is 0 Å². The fourth-order valence-corrected chi connectivity index (χ4v) is 3.02. The van der Waals surface area contributed by atoms with E-state index < -0.39 is 0 Å². The van der Waals surface area contributed by atoms with Gasteiger partial charge in [-0.05, 0) is 24.1 Å². The highest BCUT2D eigenvalue weighted by molar-refractivity contribution is 6.30. The summed E-state index contributed by atoms with van der Waals surface area (Å²) in [6, 6.07) is 7.92. The zero-order valence-electron chi connectivity index (χ0n) is 12.2. The molecule has 4 heteroatoms. The lowest BCUT2D eigenvalue weighted by atomic mass is 9.99. The van der Waals surface area contributed by atoms with Gasteiger partial charge in [0, 0.05) is 30.6 Å². The molecule has 1 N–H and O–H groups in total. The van der Waals surface area contributed by atoms with Crippen molar-refractivity contribution in [3.63, 3.8) is 0 Å². The number of halogens is 1. The van der Waals surface area contributed by atoms with Crippen molar-refractivity contribution in [2.24, 2.45) is 5.92 Å². The number of benzene rings is 1. The molecule has 1 saturated heterocycles. The van der Waals surface area contributed by atoms with Crippen molar-refractivity contribution in [3.8, 4) is 0 Å². The molecule has 1 aliphatic heterocycles. The number of hydrogen-bond donors (Lipinski definition) is 1. The molecule has 1 fully saturated rings. The van der Waals surface area contributed by atoms with Crippen LogP contribution in [0.3, 0.4) is 0 Å². The van der Waals surface area contributed by atoms with Crippen LogP contribution in [0.1, 0.15) is 38.3 Å². The Balaban J connectivity index is 2.19. The Kier molecular flexibility index (Phi) is 5.44. The maximum Gasteiger partial charge on any atom is 0.226 e. The summed E-state index contributed by atoms with van der Waals surface area (Å²) in [4.78, 5) is 14.6. The summed E-state index contributed by atoms with van der Waals surface area (Å²) >= 11 is 6.08. The third-order valence-electron chi connectivity index (χ3n) is 3.90. The number of nitrogens with one attached hydrogen (secondary N) is 1. The largest absolute Gasteiger partial charge is 0.333 e. The van der Waals surface area contributed by atoms with Gasteiger partial charge < -0.3 is 10.2 Å². The maximum atomic E-state index is 12.6. The third-order valence-corrected chi connectivity index (χ3v) is 4.14. The molecule has 110 valence electrons. The van der Waals surface area contributed by atoms with Crippen molar-refractivity contribution in [2.75, 3.05) is 19.6 Å². The molecule has 20 heavy (non-hydrogen) atoms. The van der Waals surface area contributed by atoms with Gasteiger partial charge in [0.2, 0.25) is 5.91 Å². The van der Waals surface area contributed by atoms with Crippen LogP contribution in [-0.2, 0) is 4.79 Å². The smallest absolute Gasteiger partial charge is 0.226 e. The minimum absolute atomic E-state index is 0.0919. The SMILES string of the molecule is CCCC(C)C(=O)N1CCNCC1c1cccc(Cl)c1. The standard InChI is InChI=1S/C16H23ClN2O/c1-3-5-12(2)16(20)19-9-8-18-11-15(19)13-6-4-7-14(17)10-13/h4,6-7,10,12,15,18H,3,5,8-9,11H2,1-2H3. The monoisotopic (exact) mass is 294 g/mol. The second-order valence-corrected chi connectivity index (χ2v) is 5.93. The van der Waals surface area contributed by atoms with Gasteiger partial charge in [-0.3, -0.25) is 4.79 Å². The molecule has 1 aliphatic rings. The van der Waals surface area contributed by atoms with E-state index in [2.05, 4.69) is 12.2 Å². The second kappa shape index (κ2) is 7.09. The topological polar surface area (TPSA) is 32.3 Å². The zero-order valence-corrected chi connectivity index (χ0v) is 13.0. The average molecular weight is 295 g/mol. The van der Waals surface area contributed by atoms with Gasteiger partial charge >= 0.3 is 0 Å². The van der Waals surface area contributed by atoms with Crippen molar-refractivity contribution in [1.82, 2.24) is 10.2 Å². The van der Waals surface area contributed by atoms with E-state index in [4.69, 9.17) is 11.6 Å². The molecule has 0 spiro atoms. The fourth-order valence-electron chi connectivity index (χ4n) is 2.82. The predicted molar refractivity (Wildman–Crippen MR) is 82.8 cm³/mol. The Bertz CT molecular complexity index is 464. The van der Waals surface area contributed by atoms with E-state index in [1.54, 1.807) is 0 Å². The van der Waals surface area contributed by atoms with Gasteiger partial charge in [-0.2, -0.15) is 0 Å². The zero-order chi connectivity index (χ0) is 14.5. The number of carbonyl (C=O) groups is 1. The van der Waals surface area contributed by atoms with Gasteiger partial charge in [-0.25, -0.2) is 0 Å². The quantitative estimate of drug-likeness (QED) is 0.924. The molecule has 3 nitrogen and oxygen atoms in total. The molecule has 2 atom stereocenters. The van der Waals surface area contributed by atoms with Gasteiger partial charge in [-0.15, -0.1) is 0 Å². The van der Waals surface area contributed by atoms with Gasteiger partial charge in [0.25, 0.3) is 0 Å². The van der Waals surface area contributed by atoms with E-state index >= 15 is 0 Å². The highest BCUT2D eigenvalue weighted by Gasteiger charge is 2.30. The van der Waals surface area contributed by atoms with Crippen LogP contribution in [0.5, 0.6) is 0 Å². The van der Waals surface area contributed by atoms with Crippen LogP contribution in [0, 0.1) is 5.92 Å². The lowest BCUT2D eigenvalue weighted by Crippen LogP contribution is -2.50. The van der Waals surface area contributed by atoms with Crippen LogP contribution >= 0.6 is 11.6 Å². The summed E-state index contributed by atoms with van der Waals surface area (Å²) < 4.78 is 0. The molecular formula is C16H23ClN2O. The van der Waals surface area contributed by atoms with Crippen molar-refractivity contribution in [2.45, 2.75) is 32.7 Å². The average Bonchev–Trinajstić information content (AvgIpc) is 2.47. The second-order valence-electron chi connectivity index (χ2n) is 5.50. The van der Waals surface area contributed by atoms with E-state index in [0.29, 0.717) is 0 Å². The molecule has 1 aromatic carbocycles. The molecular weight excluding hydrogens is 272 g/mol. The summed E-state index contributed by atoms with van der Waals surface area (Å²) in [5, 5.41) is 4.10. The number of amides is 1. The van der Waals surface area contributed by atoms with Gasteiger partial charge in [0.1, 0.15) is 0 Å². The molecule has 0 radical (unpaired) electrons. The normalized spacial score (nSPS) is 20.8. The van der Waals surface area contributed by atoms with Crippen molar-refractivity contribution >= 4 is 17.5 Å². The molecule has 0 aliphatic carbocycles. The van der Waals surface area contributed by atoms with Gasteiger partial charge in [-0.1, -0.05) is 44.0 Å². The van der Waals surface area contributed by atoms with Gasteiger partial charge in [0.05, 0.1) is 6.04 Å². The molecule has 0 bridgehead atoms. The van der Waals surface area contributed by atoms with E-state index in [9.17, 15) is 4.79 Å². The van der Waals surface area contributed by atoms with Gasteiger partial charge in [0.15, 0.2) is 0 Å². The van der Waals surface area contributed by atoms with Crippen molar-refractivity contribution in [3.05, 3.63) is 34.9 Å². The van der Waals surface area contributed by atoms with E-state index in [1.165, 1.54) is 0 Å². The summed E-state index contributed by atoms with van der Waals surface area (Å²) in [5.41, 5.74) is 1.11. The first-order valence-corrected chi connectivity index (χ1v) is 7.78. The summed E-state index contributed by atoms with van der Waals surface area (Å²) in [5.74, 6) is 0.359. The highest BCUT2D eigenvalue weighted by atomic mass is 35.5. The molecule has 2 rings (SSSR count). The molecule has 0 saturated carbocycles. The fraction of sp³-hybridized carbons (Fsp3) is 0.562.